The van der Waals surface area contributed by atoms with Crippen LogP contribution in [0.4, 0.5) is 4.39 Å². The lowest BCUT2D eigenvalue weighted by Crippen LogP contribution is -2.29. The fourth-order valence-electron chi connectivity index (χ4n) is 2.67. The van der Waals surface area contributed by atoms with Crippen LogP contribution in [0.25, 0.3) is 11.4 Å². The van der Waals surface area contributed by atoms with E-state index in [1.165, 1.54) is 23.4 Å². The van der Waals surface area contributed by atoms with Crippen molar-refractivity contribution < 1.29 is 9.18 Å². The lowest BCUT2D eigenvalue weighted by atomic mass is 10.0. The molecule has 0 bridgehead atoms. The molecule has 0 unspecified atom stereocenters. The highest BCUT2D eigenvalue weighted by atomic mass is 32.2. The Kier molecular flexibility index (Phi) is 6.24. The van der Waals surface area contributed by atoms with Gasteiger partial charge in [0.1, 0.15) is 5.82 Å². The van der Waals surface area contributed by atoms with E-state index in [1.807, 2.05) is 18.2 Å². The lowest BCUT2D eigenvalue weighted by molar-refractivity contribution is -0.118. The molecule has 0 aliphatic heterocycles. The number of carbonyl (C=O) groups is 1. The van der Waals surface area contributed by atoms with Gasteiger partial charge in [-0.15, -0.1) is 10.2 Å². The summed E-state index contributed by atoms with van der Waals surface area (Å²) < 4.78 is 15.6. The Bertz CT molecular complexity index is 913. The van der Waals surface area contributed by atoms with Gasteiger partial charge in [-0.25, -0.2) is 4.39 Å². The molecule has 3 rings (SSSR count). The van der Waals surface area contributed by atoms with Gasteiger partial charge in [-0.1, -0.05) is 61.2 Å². The van der Waals surface area contributed by atoms with E-state index in [1.54, 1.807) is 29.8 Å². The summed E-state index contributed by atoms with van der Waals surface area (Å²) in [7, 11) is 1.76. The Balaban J connectivity index is 1.54. The number of nitrogens with zero attached hydrogens (tertiary/aromatic N) is 3. The zero-order chi connectivity index (χ0) is 19.2. The van der Waals surface area contributed by atoms with Crippen LogP contribution in [-0.2, 0) is 11.8 Å². The molecule has 0 spiro atoms. The summed E-state index contributed by atoms with van der Waals surface area (Å²) in [6.07, 6.45) is 0. The van der Waals surface area contributed by atoms with E-state index >= 15 is 0 Å². The van der Waals surface area contributed by atoms with Gasteiger partial charge in [0.25, 0.3) is 0 Å². The van der Waals surface area contributed by atoms with Crippen LogP contribution in [-0.4, -0.2) is 33.0 Å². The fourth-order valence-corrected chi connectivity index (χ4v) is 3.41. The summed E-state index contributed by atoms with van der Waals surface area (Å²) in [6.45, 7) is 2.65. The first-order valence-electron chi connectivity index (χ1n) is 8.65. The van der Waals surface area contributed by atoms with Crippen molar-refractivity contribution in [3.8, 4) is 11.4 Å². The summed E-state index contributed by atoms with van der Waals surface area (Å²) in [6, 6.07) is 16.5. The second kappa shape index (κ2) is 8.81. The predicted octanol–water partition coefficient (Wildman–Crippen LogP) is 3.63. The molecule has 0 saturated heterocycles. The number of hydrogen-bond acceptors (Lipinski definition) is 4. The van der Waals surface area contributed by atoms with Crippen molar-refractivity contribution in [2.45, 2.75) is 18.0 Å². The van der Waals surface area contributed by atoms with Gasteiger partial charge in [0.15, 0.2) is 11.0 Å². The SMILES string of the molecule is C[C@H](CNC(=O)CSc1nnc(-c2ccccc2F)n1C)c1ccccc1. The predicted molar refractivity (Wildman–Crippen MR) is 105 cm³/mol. The van der Waals surface area contributed by atoms with Crippen LogP contribution in [0.15, 0.2) is 59.8 Å². The molecule has 0 aliphatic carbocycles. The zero-order valence-electron chi connectivity index (χ0n) is 15.2. The summed E-state index contributed by atoms with van der Waals surface area (Å²) in [5, 5.41) is 11.6. The first-order valence-corrected chi connectivity index (χ1v) is 9.63. The summed E-state index contributed by atoms with van der Waals surface area (Å²) in [5.74, 6) is 0.483. The number of benzene rings is 2. The average molecular weight is 384 g/mol. The Morgan fingerprint density at radius 2 is 1.85 bits per heavy atom. The van der Waals surface area contributed by atoms with Gasteiger partial charge in [0.05, 0.1) is 11.3 Å². The topological polar surface area (TPSA) is 59.8 Å². The minimum Gasteiger partial charge on any atom is -0.355 e. The van der Waals surface area contributed by atoms with Crippen LogP contribution >= 0.6 is 11.8 Å². The second-order valence-corrected chi connectivity index (χ2v) is 7.19. The Morgan fingerprint density at radius 1 is 1.15 bits per heavy atom. The van der Waals surface area contributed by atoms with E-state index in [-0.39, 0.29) is 23.4 Å². The number of thioether (sulfide) groups is 1. The third-order valence-corrected chi connectivity index (χ3v) is 5.28. The molecule has 7 heteroatoms. The van der Waals surface area contributed by atoms with E-state index in [0.29, 0.717) is 23.1 Å². The molecule has 27 heavy (non-hydrogen) atoms. The molecule has 1 atom stereocenters. The van der Waals surface area contributed by atoms with Crippen molar-refractivity contribution >= 4 is 17.7 Å². The number of aromatic nitrogens is 3. The van der Waals surface area contributed by atoms with Crippen molar-refractivity contribution in [2.24, 2.45) is 7.05 Å². The van der Waals surface area contributed by atoms with Gasteiger partial charge in [0, 0.05) is 13.6 Å². The molecule has 1 amide bonds. The van der Waals surface area contributed by atoms with Crippen LogP contribution in [0.1, 0.15) is 18.4 Å². The number of amides is 1. The van der Waals surface area contributed by atoms with E-state index in [2.05, 4.69) is 34.6 Å². The molecule has 1 aromatic heterocycles. The molecule has 0 saturated carbocycles. The van der Waals surface area contributed by atoms with Crippen LogP contribution in [0.5, 0.6) is 0 Å². The lowest BCUT2D eigenvalue weighted by Gasteiger charge is -2.12. The van der Waals surface area contributed by atoms with Crippen LogP contribution in [0, 0.1) is 5.82 Å². The monoisotopic (exact) mass is 384 g/mol. The molecular weight excluding hydrogens is 363 g/mol. The minimum absolute atomic E-state index is 0.0711. The van der Waals surface area contributed by atoms with Gasteiger partial charge in [-0.3, -0.25) is 4.79 Å². The summed E-state index contributed by atoms with van der Waals surface area (Å²) >= 11 is 1.28. The molecule has 1 N–H and O–H groups in total. The van der Waals surface area contributed by atoms with Crippen LogP contribution in [0.2, 0.25) is 0 Å². The quantitative estimate of drug-likeness (QED) is 0.632. The third-order valence-electron chi connectivity index (χ3n) is 4.26. The number of nitrogens with one attached hydrogen (secondary N) is 1. The molecule has 1 heterocycles. The van der Waals surface area contributed by atoms with Crippen molar-refractivity contribution in [2.75, 3.05) is 12.3 Å². The van der Waals surface area contributed by atoms with Crippen LogP contribution in [0.3, 0.4) is 0 Å². The summed E-state index contributed by atoms with van der Waals surface area (Å²) in [4.78, 5) is 12.1. The van der Waals surface area contributed by atoms with Gasteiger partial charge in [-0.05, 0) is 23.6 Å². The molecule has 140 valence electrons. The Labute approximate surface area is 162 Å². The first-order chi connectivity index (χ1) is 13.1. The standard InChI is InChI=1S/C20H21FN4OS/c1-14(15-8-4-3-5-9-15)12-22-18(26)13-27-20-24-23-19(25(20)2)16-10-6-7-11-17(16)21/h3-11,14H,12-13H2,1-2H3,(H,22,26)/t14-/m1/s1. The number of halogens is 1. The van der Waals surface area contributed by atoms with Crippen molar-refractivity contribution in [3.05, 3.63) is 66.0 Å². The number of rotatable bonds is 7. The van der Waals surface area contributed by atoms with Crippen molar-refractivity contribution in [1.82, 2.24) is 20.1 Å². The second-order valence-electron chi connectivity index (χ2n) is 6.25. The highest BCUT2D eigenvalue weighted by Gasteiger charge is 2.15. The van der Waals surface area contributed by atoms with E-state index in [4.69, 9.17) is 0 Å². The molecule has 5 nitrogen and oxygen atoms in total. The number of hydrogen-bond donors (Lipinski definition) is 1. The Hall–Kier alpha value is -2.67. The maximum Gasteiger partial charge on any atom is 0.230 e. The highest BCUT2D eigenvalue weighted by molar-refractivity contribution is 7.99. The van der Waals surface area contributed by atoms with E-state index in [9.17, 15) is 9.18 Å². The first kappa shape index (κ1) is 19.1. The molecule has 2 aromatic carbocycles. The molecule has 0 aliphatic rings. The van der Waals surface area contributed by atoms with Crippen LogP contribution < -0.4 is 5.32 Å². The molecule has 0 radical (unpaired) electrons. The van der Waals surface area contributed by atoms with Crippen molar-refractivity contribution in [3.63, 3.8) is 0 Å². The third kappa shape index (κ3) is 4.74. The maximum absolute atomic E-state index is 13.9. The number of carbonyl (C=O) groups excluding carboxylic acids is 1. The summed E-state index contributed by atoms with van der Waals surface area (Å²) in [5.41, 5.74) is 1.58. The highest BCUT2D eigenvalue weighted by Crippen LogP contribution is 2.24. The van der Waals surface area contributed by atoms with Gasteiger partial charge in [-0.2, -0.15) is 0 Å². The largest absolute Gasteiger partial charge is 0.355 e. The zero-order valence-corrected chi connectivity index (χ0v) is 16.0. The molecule has 3 aromatic rings. The van der Waals surface area contributed by atoms with Gasteiger partial charge >= 0.3 is 0 Å². The fraction of sp³-hybridized carbons (Fsp3) is 0.250. The maximum atomic E-state index is 13.9. The van der Waals surface area contributed by atoms with Gasteiger partial charge < -0.3 is 9.88 Å². The molecular formula is C20H21FN4OS. The molecule has 0 fully saturated rings. The smallest absolute Gasteiger partial charge is 0.230 e. The average Bonchev–Trinajstić information content (AvgIpc) is 3.06. The van der Waals surface area contributed by atoms with E-state index in [0.717, 1.165) is 0 Å². The normalized spacial score (nSPS) is 12.0. The Morgan fingerprint density at radius 3 is 2.59 bits per heavy atom. The van der Waals surface area contributed by atoms with Gasteiger partial charge in [0.2, 0.25) is 5.91 Å². The minimum atomic E-state index is -0.350. The van der Waals surface area contributed by atoms with Crippen molar-refractivity contribution in [1.29, 1.82) is 0 Å². The van der Waals surface area contributed by atoms with E-state index < -0.39 is 0 Å².